The number of fused-ring (bicyclic) bond motifs is 1. The predicted octanol–water partition coefficient (Wildman–Crippen LogP) is 3.89. The first kappa shape index (κ1) is 18.5. The summed E-state index contributed by atoms with van der Waals surface area (Å²) in [6, 6.07) is 12.3. The summed E-state index contributed by atoms with van der Waals surface area (Å²) in [5, 5.41) is 10.1. The van der Waals surface area contributed by atoms with E-state index in [2.05, 4.69) is 24.0 Å². The highest BCUT2D eigenvalue weighted by molar-refractivity contribution is 7.99. The number of rotatable bonds is 5. The molecular weight excluding hydrogens is 342 g/mol. The molecule has 0 fully saturated rings. The molecule has 1 aromatic carbocycles. The third kappa shape index (κ3) is 4.25. The lowest BCUT2D eigenvalue weighted by molar-refractivity contribution is -0.127. The Morgan fingerprint density at radius 2 is 2.08 bits per heavy atom. The van der Waals surface area contributed by atoms with Crippen LogP contribution in [0.3, 0.4) is 0 Å². The molecular formula is C21H23N3OS. The van der Waals surface area contributed by atoms with Crippen LogP contribution in [0.15, 0.2) is 35.4 Å². The number of nitriles is 1. The molecule has 0 unspecified atom stereocenters. The van der Waals surface area contributed by atoms with Crippen molar-refractivity contribution in [1.82, 2.24) is 9.88 Å². The van der Waals surface area contributed by atoms with Crippen molar-refractivity contribution < 1.29 is 4.79 Å². The average molecular weight is 366 g/mol. The maximum Gasteiger partial charge on any atom is 0.233 e. The Kier molecular flexibility index (Phi) is 5.95. The van der Waals surface area contributed by atoms with E-state index in [1.807, 2.05) is 31.3 Å². The van der Waals surface area contributed by atoms with Gasteiger partial charge in [0.1, 0.15) is 11.1 Å². The van der Waals surface area contributed by atoms with Gasteiger partial charge < -0.3 is 4.90 Å². The number of benzene rings is 1. The summed E-state index contributed by atoms with van der Waals surface area (Å²) >= 11 is 1.37. The third-order valence-corrected chi connectivity index (χ3v) is 5.79. The fraction of sp³-hybridized carbons (Fsp3) is 0.381. The first-order chi connectivity index (χ1) is 12.6. The summed E-state index contributed by atoms with van der Waals surface area (Å²) in [6.45, 7) is 2.65. The maximum absolute atomic E-state index is 12.5. The number of aryl methyl sites for hydroxylation is 3. The molecule has 1 heterocycles. The van der Waals surface area contributed by atoms with Crippen molar-refractivity contribution in [3.63, 3.8) is 0 Å². The summed E-state index contributed by atoms with van der Waals surface area (Å²) in [7, 11) is 1.82. The molecule has 3 rings (SSSR count). The molecule has 0 spiro atoms. The first-order valence-electron chi connectivity index (χ1n) is 8.92. The van der Waals surface area contributed by atoms with Gasteiger partial charge in [0.15, 0.2) is 0 Å². The van der Waals surface area contributed by atoms with Gasteiger partial charge in [0, 0.05) is 19.3 Å². The van der Waals surface area contributed by atoms with Crippen LogP contribution in [-0.4, -0.2) is 28.6 Å². The summed E-state index contributed by atoms with van der Waals surface area (Å²) in [5.74, 6) is 0.338. The average Bonchev–Trinajstić information content (AvgIpc) is 2.67. The highest BCUT2D eigenvalue weighted by Crippen LogP contribution is 2.27. The van der Waals surface area contributed by atoms with Gasteiger partial charge in [-0.05, 0) is 55.4 Å². The minimum absolute atomic E-state index is 0.0432. The Hall–Kier alpha value is -2.32. The van der Waals surface area contributed by atoms with Crippen molar-refractivity contribution in [3.05, 3.63) is 58.3 Å². The Balaban J connectivity index is 1.66. The van der Waals surface area contributed by atoms with Crippen LogP contribution in [0, 0.1) is 18.3 Å². The van der Waals surface area contributed by atoms with Crippen LogP contribution >= 0.6 is 11.8 Å². The fourth-order valence-corrected chi connectivity index (χ4v) is 4.09. The van der Waals surface area contributed by atoms with E-state index in [1.165, 1.54) is 22.9 Å². The van der Waals surface area contributed by atoms with Crippen molar-refractivity contribution >= 4 is 17.7 Å². The second kappa shape index (κ2) is 8.37. The molecule has 2 aromatic rings. The smallest absolute Gasteiger partial charge is 0.233 e. The van der Waals surface area contributed by atoms with Gasteiger partial charge in [-0.3, -0.25) is 4.79 Å². The maximum atomic E-state index is 12.5. The number of aromatic nitrogens is 1. The zero-order valence-corrected chi connectivity index (χ0v) is 16.1. The highest BCUT2D eigenvalue weighted by Gasteiger charge is 2.17. The zero-order chi connectivity index (χ0) is 18.5. The molecule has 26 heavy (non-hydrogen) atoms. The molecule has 0 aliphatic heterocycles. The van der Waals surface area contributed by atoms with E-state index in [4.69, 9.17) is 0 Å². The number of amides is 1. The first-order valence-corrected chi connectivity index (χ1v) is 9.91. The lowest BCUT2D eigenvalue weighted by Crippen LogP contribution is -2.28. The number of carbonyl (C=O) groups is 1. The normalized spacial score (nSPS) is 13.0. The Labute approximate surface area is 159 Å². The molecule has 5 heteroatoms. The van der Waals surface area contributed by atoms with E-state index in [9.17, 15) is 10.1 Å². The third-order valence-electron chi connectivity index (χ3n) is 4.81. The van der Waals surface area contributed by atoms with E-state index in [0.29, 0.717) is 22.9 Å². The molecule has 4 nitrogen and oxygen atoms in total. The summed E-state index contributed by atoms with van der Waals surface area (Å²) in [5.41, 5.74) is 5.21. The molecule has 0 N–H and O–H groups in total. The van der Waals surface area contributed by atoms with Gasteiger partial charge in [-0.2, -0.15) is 5.26 Å². The van der Waals surface area contributed by atoms with E-state index >= 15 is 0 Å². The molecule has 1 aliphatic rings. The zero-order valence-electron chi connectivity index (χ0n) is 15.3. The lowest BCUT2D eigenvalue weighted by atomic mass is 9.95. The van der Waals surface area contributed by atoms with Crippen molar-refractivity contribution in [2.45, 2.75) is 44.2 Å². The Bertz CT molecular complexity index is 857. The standard InChI is InChI=1S/C21H23N3OS/c1-15-7-3-4-9-17(15)13-24(2)20(25)14-26-21-18(12-22)11-16-8-5-6-10-19(16)23-21/h3-4,7,9,11H,5-6,8,10,13-14H2,1-2H3. The van der Waals surface area contributed by atoms with Crippen LogP contribution in [0.5, 0.6) is 0 Å². The van der Waals surface area contributed by atoms with Crippen LogP contribution in [-0.2, 0) is 24.2 Å². The van der Waals surface area contributed by atoms with Crippen molar-refractivity contribution in [2.24, 2.45) is 0 Å². The van der Waals surface area contributed by atoms with E-state index in [-0.39, 0.29) is 5.91 Å². The molecule has 1 aromatic heterocycles. The van der Waals surface area contributed by atoms with Gasteiger partial charge in [0.2, 0.25) is 5.91 Å². The number of nitrogens with zero attached hydrogens (tertiary/aromatic N) is 3. The highest BCUT2D eigenvalue weighted by atomic mass is 32.2. The summed E-state index contributed by atoms with van der Waals surface area (Å²) in [4.78, 5) is 18.9. The van der Waals surface area contributed by atoms with Crippen LogP contribution in [0.25, 0.3) is 0 Å². The lowest BCUT2D eigenvalue weighted by Gasteiger charge is -2.19. The molecule has 0 bridgehead atoms. The van der Waals surface area contributed by atoms with Crippen molar-refractivity contribution in [3.8, 4) is 6.07 Å². The molecule has 0 atom stereocenters. The van der Waals surface area contributed by atoms with E-state index in [1.54, 1.807) is 4.90 Å². The number of thioether (sulfide) groups is 1. The van der Waals surface area contributed by atoms with Crippen LogP contribution in [0.1, 0.15) is 40.8 Å². The molecule has 1 amide bonds. The minimum atomic E-state index is 0.0432. The SMILES string of the molecule is Cc1ccccc1CN(C)C(=O)CSc1nc2c(cc1C#N)CCCC2. The largest absolute Gasteiger partial charge is 0.341 e. The number of hydrogen-bond donors (Lipinski definition) is 0. The quantitative estimate of drug-likeness (QED) is 0.754. The number of pyridine rings is 1. The van der Waals surface area contributed by atoms with Gasteiger partial charge in [0.25, 0.3) is 0 Å². The van der Waals surface area contributed by atoms with E-state index < -0.39 is 0 Å². The second-order valence-electron chi connectivity index (χ2n) is 6.73. The monoisotopic (exact) mass is 365 g/mol. The van der Waals surface area contributed by atoms with Crippen LogP contribution in [0.2, 0.25) is 0 Å². The van der Waals surface area contributed by atoms with Gasteiger partial charge >= 0.3 is 0 Å². The second-order valence-corrected chi connectivity index (χ2v) is 7.69. The molecule has 134 valence electrons. The number of hydrogen-bond acceptors (Lipinski definition) is 4. The van der Waals surface area contributed by atoms with E-state index in [0.717, 1.165) is 36.9 Å². The molecule has 0 radical (unpaired) electrons. The van der Waals surface area contributed by atoms with Gasteiger partial charge in [-0.15, -0.1) is 0 Å². The van der Waals surface area contributed by atoms with Gasteiger partial charge in [0.05, 0.1) is 11.3 Å². The molecule has 1 aliphatic carbocycles. The number of carbonyl (C=O) groups excluding carboxylic acids is 1. The minimum Gasteiger partial charge on any atom is -0.341 e. The summed E-state index contributed by atoms with van der Waals surface area (Å²) < 4.78 is 0. The van der Waals surface area contributed by atoms with Gasteiger partial charge in [-0.25, -0.2) is 4.98 Å². The van der Waals surface area contributed by atoms with Crippen molar-refractivity contribution in [2.75, 3.05) is 12.8 Å². The molecule has 0 saturated carbocycles. The van der Waals surface area contributed by atoms with Gasteiger partial charge in [-0.1, -0.05) is 36.0 Å². The topological polar surface area (TPSA) is 57.0 Å². The van der Waals surface area contributed by atoms with Crippen LogP contribution in [0.4, 0.5) is 0 Å². The molecule has 0 saturated heterocycles. The Morgan fingerprint density at radius 1 is 1.31 bits per heavy atom. The van der Waals surface area contributed by atoms with Crippen LogP contribution < -0.4 is 0 Å². The van der Waals surface area contributed by atoms with Crippen molar-refractivity contribution in [1.29, 1.82) is 5.26 Å². The predicted molar refractivity (Wildman–Crippen MR) is 104 cm³/mol. The fourth-order valence-electron chi connectivity index (χ4n) is 3.18. The Morgan fingerprint density at radius 3 is 2.85 bits per heavy atom. The summed E-state index contributed by atoms with van der Waals surface area (Å²) in [6.07, 6.45) is 4.28.